The average molecular weight is 531 g/mol. The van der Waals surface area contributed by atoms with Gasteiger partial charge in [-0.2, -0.15) is 13.2 Å². The van der Waals surface area contributed by atoms with E-state index < -0.39 is 18.1 Å². The van der Waals surface area contributed by atoms with Gasteiger partial charge in [0.2, 0.25) is 0 Å². The highest BCUT2D eigenvalue weighted by Crippen LogP contribution is 2.48. The first-order valence-electron chi connectivity index (χ1n) is 11.2. The molecule has 4 nitrogen and oxygen atoms in total. The van der Waals surface area contributed by atoms with Gasteiger partial charge in [-0.15, -0.1) is 0 Å². The molecule has 0 aromatic heterocycles. The number of nitrogens with zero attached hydrogens (tertiary/aromatic N) is 1. The summed E-state index contributed by atoms with van der Waals surface area (Å²) in [6.45, 7) is 0. The number of fused-ring (bicyclic) bond motifs is 1. The topological polar surface area (TPSA) is 49.4 Å². The van der Waals surface area contributed by atoms with Crippen molar-refractivity contribution in [3.05, 3.63) is 105 Å². The molecule has 2 aliphatic rings. The van der Waals surface area contributed by atoms with Crippen LogP contribution in [0.5, 0.6) is 0 Å². The fraction of sp³-hybridized carbons (Fsp3) is 0.185. The molecule has 0 saturated heterocycles. The summed E-state index contributed by atoms with van der Waals surface area (Å²) in [6, 6.07) is 18.3. The SMILES string of the molecule is O=C1C[C@@H](c2ccc(Cl)cc2)CC2=C1[C@H](c1cccc(Cl)c1)N(C(=O)C(F)(F)F)c1ccccc1N2. The first-order chi connectivity index (χ1) is 17.1. The largest absolute Gasteiger partial charge is 0.471 e. The van der Waals surface area contributed by atoms with Crippen molar-refractivity contribution in [2.24, 2.45) is 0 Å². The zero-order valence-corrected chi connectivity index (χ0v) is 20.2. The second-order valence-corrected chi connectivity index (χ2v) is 9.62. The lowest BCUT2D eigenvalue weighted by atomic mass is 9.78. The van der Waals surface area contributed by atoms with Crippen LogP contribution < -0.4 is 10.2 Å². The van der Waals surface area contributed by atoms with Gasteiger partial charge in [0.15, 0.2) is 5.78 Å². The van der Waals surface area contributed by atoms with Gasteiger partial charge in [-0.25, -0.2) is 0 Å². The molecule has 0 saturated carbocycles. The molecule has 9 heteroatoms. The molecule has 1 aliphatic carbocycles. The van der Waals surface area contributed by atoms with Crippen LogP contribution in [0, 0.1) is 0 Å². The molecule has 3 aromatic rings. The summed E-state index contributed by atoms with van der Waals surface area (Å²) < 4.78 is 41.7. The number of benzene rings is 3. The molecule has 2 atom stereocenters. The van der Waals surface area contributed by atoms with E-state index >= 15 is 0 Å². The number of allylic oxidation sites excluding steroid dienone is 1. The zero-order valence-electron chi connectivity index (χ0n) is 18.7. The second-order valence-electron chi connectivity index (χ2n) is 8.74. The van der Waals surface area contributed by atoms with Crippen molar-refractivity contribution in [1.29, 1.82) is 0 Å². The number of alkyl halides is 3. The fourth-order valence-electron chi connectivity index (χ4n) is 4.91. The monoisotopic (exact) mass is 530 g/mol. The molecule has 1 aliphatic heterocycles. The van der Waals surface area contributed by atoms with E-state index in [0.29, 0.717) is 33.3 Å². The predicted molar refractivity (Wildman–Crippen MR) is 133 cm³/mol. The van der Waals surface area contributed by atoms with Gasteiger partial charge in [0.05, 0.1) is 17.4 Å². The van der Waals surface area contributed by atoms with E-state index in [9.17, 15) is 22.8 Å². The maximum absolute atomic E-state index is 13.9. The van der Waals surface area contributed by atoms with Gasteiger partial charge in [-0.05, 0) is 59.9 Å². The quantitative estimate of drug-likeness (QED) is 0.374. The van der Waals surface area contributed by atoms with Crippen LogP contribution in [0.4, 0.5) is 24.5 Å². The number of carbonyl (C=O) groups is 2. The van der Waals surface area contributed by atoms with Gasteiger partial charge in [0.25, 0.3) is 0 Å². The number of amides is 1. The standard InChI is InChI=1S/C27H19Cl2F3N2O2/c28-18-10-8-15(9-11-18)17-13-21-24(23(35)14-17)25(16-4-3-5-19(29)12-16)34(26(36)27(30,31)32)22-7-2-1-6-20(22)33-21/h1-12,17,25,33H,13-14H2/t17-,25-/m0/s1. The van der Waals surface area contributed by atoms with Crippen molar-refractivity contribution >= 4 is 46.3 Å². The first kappa shape index (κ1) is 24.4. The highest BCUT2D eigenvalue weighted by molar-refractivity contribution is 6.31. The summed E-state index contributed by atoms with van der Waals surface area (Å²) in [6.07, 6.45) is -4.73. The number of hydrogen-bond acceptors (Lipinski definition) is 3. The lowest BCUT2D eigenvalue weighted by Gasteiger charge is -2.35. The van der Waals surface area contributed by atoms with Crippen molar-refractivity contribution in [2.75, 3.05) is 10.2 Å². The van der Waals surface area contributed by atoms with E-state index in [1.165, 1.54) is 12.1 Å². The van der Waals surface area contributed by atoms with Crippen LogP contribution in [-0.4, -0.2) is 17.9 Å². The molecule has 0 spiro atoms. The molecule has 1 amide bonds. The normalized spacial score (nSPS) is 19.8. The number of anilines is 2. The summed E-state index contributed by atoms with van der Waals surface area (Å²) in [5.74, 6) is -2.62. The number of ketones is 1. The molecule has 1 N–H and O–H groups in total. The van der Waals surface area contributed by atoms with Crippen molar-refractivity contribution in [1.82, 2.24) is 0 Å². The van der Waals surface area contributed by atoms with Gasteiger partial charge in [-0.3, -0.25) is 14.5 Å². The smallest absolute Gasteiger partial charge is 0.357 e. The van der Waals surface area contributed by atoms with Crippen molar-refractivity contribution in [3.63, 3.8) is 0 Å². The van der Waals surface area contributed by atoms with E-state index in [1.54, 1.807) is 48.5 Å². The molecule has 0 unspecified atom stereocenters. The first-order valence-corrected chi connectivity index (χ1v) is 11.9. The number of carbonyl (C=O) groups excluding carboxylic acids is 2. The molecule has 5 rings (SSSR count). The van der Waals surface area contributed by atoms with Gasteiger partial charge in [0.1, 0.15) is 0 Å². The van der Waals surface area contributed by atoms with Crippen LogP contribution in [0.2, 0.25) is 10.0 Å². The highest BCUT2D eigenvalue weighted by Gasteiger charge is 2.50. The molecule has 36 heavy (non-hydrogen) atoms. The number of halogens is 5. The van der Waals surface area contributed by atoms with Crippen LogP contribution >= 0.6 is 23.2 Å². The molecular formula is C27H19Cl2F3N2O2. The van der Waals surface area contributed by atoms with Gasteiger partial charge >= 0.3 is 12.1 Å². The van der Waals surface area contributed by atoms with Crippen LogP contribution in [-0.2, 0) is 9.59 Å². The Morgan fingerprint density at radius 1 is 0.889 bits per heavy atom. The second kappa shape index (κ2) is 9.30. The molecule has 184 valence electrons. The summed E-state index contributed by atoms with van der Waals surface area (Å²) >= 11 is 12.2. The van der Waals surface area contributed by atoms with Crippen molar-refractivity contribution in [2.45, 2.75) is 31.0 Å². The Morgan fingerprint density at radius 2 is 1.61 bits per heavy atom. The lowest BCUT2D eigenvalue weighted by molar-refractivity contribution is -0.170. The van der Waals surface area contributed by atoms with Crippen LogP contribution in [0.15, 0.2) is 84.1 Å². The molecule has 0 fully saturated rings. The highest BCUT2D eigenvalue weighted by atomic mass is 35.5. The van der Waals surface area contributed by atoms with E-state index in [0.717, 1.165) is 5.56 Å². The molecule has 0 bridgehead atoms. The summed E-state index contributed by atoms with van der Waals surface area (Å²) in [4.78, 5) is 27.3. The fourth-order valence-corrected chi connectivity index (χ4v) is 5.24. The maximum Gasteiger partial charge on any atom is 0.471 e. The Balaban J connectivity index is 1.73. The minimum Gasteiger partial charge on any atom is -0.357 e. The minimum absolute atomic E-state index is 0.0232. The number of nitrogens with one attached hydrogen (secondary N) is 1. The molecule has 3 aromatic carbocycles. The Hall–Kier alpha value is -3.29. The van der Waals surface area contributed by atoms with Crippen LogP contribution in [0.1, 0.15) is 35.9 Å². The van der Waals surface area contributed by atoms with Gasteiger partial charge < -0.3 is 5.32 Å². The Morgan fingerprint density at radius 3 is 2.31 bits per heavy atom. The van der Waals surface area contributed by atoms with Crippen molar-refractivity contribution < 1.29 is 22.8 Å². The third kappa shape index (κ3) is 4.49. The van der Waals surface area contributed by atoms with Gasteiger partial charge in [0, 0.05) is 27.7 Å². The minimum atomic E-state index is -5.17. The van der Waals surface area contributed by atoms with E-state index in [-0.39, 0.29) is 34.4 Å². The van der Waals surface area contributed by atoms with Gasteiger partial charge in [-0.1, -0.05) is 59.6 Å². The Bertz CT molecular complexity index is 1390. The number of rotatable bonds is 2. The average Bonchev–Trinajstić information content (AvgIpc) is 2.98. The Kier molecular flexibility index (Phi) is 6.30. The van der Waals surface area contributed by atoms with Crippen molar-refractivity contribution in [3.8, 4) is 0 Å². The summed E-state index contributed by atoms with van der Waals surface area (Å²) in [5.41, 5.74) is 2.12. The number of para-hydroxylation sites is 2. The van der Waals surface area contributed by atoms with E-state index in [1.807, 2.05) is 12.1 Å². The van der Waals surface area contributed by atoms with E-state index in [2.05, 4.69) is 5.32 Å². The Labute approximate surface area is 215 Å². The number of hydrogen-bond donors (Lipinski definition) is 1. The number of Topliss-reactive ketones (excluding diaryl/α,β-unsaturated/α-hetero) is 1. The summed E-state index contributed by atoms with van der Waals surface area (Å²) in [5, 5.41) is 4.03. The predicted octanol–water partition coefficient (Wildman–Crippen LogP) is 7.46. The molecular weight excluding hydrogens is 512 g/mol. The third-order valence-corrected chi connectivity index (χ3v) is 6.94. The van der Waals surface area contributed by atoms with Crippen LogP contribution in [0.25, 0.3) is 0 Å². The zero-order chi connectivity index (χ0) is 25.6. The molecule has 1 heterocycles. The lowest BCUT2D eigenvalue weighted by Crippen LogP contribution is -2.45. The molecule has 0 radical (unpaired) electrons. The van der Waals surface area contributed by atoms with Crippen LogP contribution in [0.3, 0.4) is 0 Å². The summed E-state index contributed by atoms with van der Waals surface area (Å²) in [7, 11) is 0. The third-order valence-electron chi connectivity index (χ3n) is 6.46. The maximum atomic E-state index is 13.9. The van der Waals surface area contributed by atoms with E-state index in [4.69, 9.17) is 23.2 Å².